The molecule has 0 aliphatic rings. The monoisotopic (exact) mass is 299 g/mol. The Morgan fingerprint density at radius 1 is 1.10 bits per heavy atom. The van der Waals surface area contributed by atoms with Crippen LogP contribution in [0.4, 0.5) is 0 Å². The van der Waals surface area contributed by atoms with Crippen LogP contribution in [0.2, 0.25) is 5.15 Å². The summed E-state index contributed by atoms with van der Waals surface area (Å²) < 4.78 is 1.78. The van der Waals surface area contributed by atoms with Crippen LogP contribution >= 0.6 is 11.6 Å². The van der Waals surface area contributed by atoms with Gasteiger partial charge in [-0.15, -0.1) is 10.2 Å². The number of nitrogens with zero attached hydrogens (tertiary/aromatic N) is 4. The summed E-state index contributed by atoms with van der Waals surface area (Å²) in [6.07, 6.45) is 1.84. The first-order valence-corrected chi connectivity index (χ1v) is 6.94. The van der Waals surface area contributed by atoms with Gasteiger partial charge in [-0.25, -0.2) is 4.68 Å². The first-order valence-electron chi connectivity index (χ1n) is 6.56. The SMILES string of the molecule is CNCc1cnn(-c2ccc(Cl)nn2)c1-c1ccccc1. The van der Waals surface area contributed by atoms with Gasteiger partial charge in [0.15, 0.2) is 11.0 Å². The first kappa shape index (κ1) is 13.7. The van der Waals surface area contributed by atoms with Gasteiger partial charge in [0, 0.05) is 17.7 Å². The van der Waals surface area contributed by atoms with E-state index >= 15 is 0 Å². The van der Waals surface area contributed by atoms with E-state index in [0.717, 1.165) is 23.4 Å². The summed E-state index contributed by atoms with van der Waals surface area (Å²) >= 11 is 5.80. The summed E-state index contributed by atoms with van der Waals surface area (Å²) in [5.41, 5.74) is 3.18. The van der Waals surface area contributed by atoms with E-state index in [1.54, 1.807) is 16.8 Å². The molecule has 6 heteroatoms. The number of hydrogen-bond acceptors (Lipinski definition) is 4. The lowest BCUT2D eigenvalue weighted by atomic mass is 10.1. The predicted octanol–water partition coefficient (Wildman–Crippen LogP) is 2.70. The molecule has 0 spiro atoms. The molecule has 0 fully saturated rings. The zero-order chi connectivity index (χ0) is 14.7. The van der Waals surface area contributed by atoms with Crippen molar-refractivity contribution < 1.29 is 0 Å². The van der Waals surface area contributed by atoms with Gasteiger partial charge in [-0.1, -0.05) is 41.9 Å². The molecule has 0 bridgehead atoms. The molecule has 3 aromatic rings. The molecule has 106 valence electrons. The second-order valence-corrected chi connectivity index (χ2v) is 4.93. The van der Waals surface area contributed by atoms with Crippen molar-refractivity contribution in [3.8, 4) is 17.1 Å². The van der Waals surface area contributed by atoms with Gasteiger partial charge in [-0.3, -0.25) is 0 Å². The highest BCUT2D eigenvalue weighted by Crippen LogP contribution is 2.25. The zero-order valence-corrected chi connectivity index (χ0v) is 12.2. The van der Waals surface area contributed by atoms with E-state index in [9.17, 15) is 0 Å². The van der Waals surface area contributed by atoms with Crippen molar-refractivity contribution in [1.29, 1.82) is 0 Å². The molecular formula is C15H14ClN5. The normalized spacial score (nSPS) is 10.8. The first-order chi connectivity index (χ1) is 10.3. The Kier molecular flexibility index (Phi) is 3.94. The van der Waals surface area contributed by atoms with E-state index in [2.05, 4.69) is 32.7 Å². The van der Waals surface area contributed by atoms with Crippen molar-refractivity contribution in [1.82, 2.24) is 25.3 Å². The van der Waals surface area contributed by atoms with E-state index in [0.29, 0.717) is 11.0 Å². The van der Waals surface area contributed by atoms with Crippen LogP contribution in [0.3, 0.4) is 0 Å². The lowest BCUT2D eigenvalue weighted by Gasteiger charge is -2.09. The maximum atomic E-state index is 5.80. The highest BCUT2D eigenvalue weighted by Gasteiger charge is 2.14. The second-order valence-electron chi connectivity index (χ2n) is 4.54. The minimum Gasteiger partial charge on any atom is -0.316 e. The highest BCUT2D eigenvalue weighted by atomic mass is 35.5. The predicted molar refractivity (Wildman–Crippen MR) is 82.4 cm³/mol. The number of aromatic nitrogens is 4. The van der Waals surface area contributed by atoms with Gasteiger partial charge < -0.3 is 5.32 Å². The van der Waals surface area contributed by atoms with Crippen LogP contribution in [-0.2, 0) is 6.54 Å². The van der Waals surface area contributed by atoms with Crippen LogP contribution in [0.25, 0.3) is 17.1 Å². The van der Waals surface area contributed by atoms with Gasteiger partial charge in [0.25, 0.3) is 0 Å². The molecule has 1 N–H and O–H groups in total. The molecule has 0 saturated carbocycles. The summed E-state index contributed by atoms with van der Waals surface area (Å²) in [7, 11) is 1.91. The third kappa shape index (κ3) is 2.79. The second kappa shape index (κ2) is 6.03. The maximum Gasteiger partial charge on any atom is 0.176 e. The summed E-state index contributed by atoms with van der Waals surface area (Å²) in [6.45, 7) is 0.727. The Bertz CT molecular complexity index is 722. The van der Waals surface area contributed by atoms with E-state index in [1.165, 1.54) is 0 Å². The van der Waals surface area contributed by atoms with E-state index in [4.69, 9.17) is 11.6 Å². The number of halogens is 1. The molecule has 0 amide bonds. The Hall–Kier alpha value is -2.24. The van der Waals surface area contributed by atoms with Crippen molar-refractivity contribution in [2.45, 2.75) is 6.54 Å². The van der Waals surface area contributed by atoms with E-state index < -0.39 is 0 Å². The maximum absolute atomic E-state index is 5.80. The summed E-state index contributed by atoms with van der Waals surface area (Å²) in [5, 5.41) is 16.0. The number of benzene rings is 1. The summed E-state index contributed by atoms with van der Waals surface area (Å²) in [4.78, 5) is 0. The molecule has 0 saturated heterocycles. The number of hydrogen-bond donors (Lipinski definition) is 1. The molecule has 0 aliphatic carbocycles. The Morgan fingerprint density at radius 2 is 1.90 bits per heavy atom. The Morgan fingerprint density at radius 3 is 2.57 bits per heavy atom. The summed E-state index contributed by atoms with van der Waals surface area (Å²) in [5.74, 6) is 0.639. The van der Waals surface area contributed by atoms with E-state index in [1.807, 2.05) is 31.4 Å². The minimum atomic E-state index is 0.364. The van der Waals surface area contributed by atoms with Crippen LogP contribution in [0, 0.1) is 0 Å². The van der Waals surface area contributed by atoms with Crippen LogP contribution in [0.15, 0.2) is 48.7 Å². The minimum absolute atomic E-state index is 0.364. The fourth-order valence-electron chi connectivity index (χ4n) is 2.20. The smallest absolute Gasteiger partial charge is 0.176 e. The zero-order valence-electron chi connectivity index (χ0n) is 11.5. The van der Waals surface area contributed by atoms with Crippen LogP contribution < -0.4 is 5.32 Å². The quantitative estimate of drug-likeness (QED) is 0.805. The largest absolute Gasteiger partial charge is 0.316 e. The molecule has 21 heavy (non-hydrogen) atoms. The van der Waals surface area contributed by atoms with Gasteiger partial charge in [-0.2, -0.15) is 5.10 Å². The van der Waals surface area contributed by atoms with Crippen LogP contribution in [0.1, 0.15) is 5.56 Å². The van der Waals surface area contributed by atoms with Gasteiger partial charge in [0.1, 0.15) is 0 Å². The van der Waals surface area contributed by atoms with Crippen molar-refractivity contribution in [2.75, 3.05) is 7.05 Å². The third-order valence-corrected chi connectivity index (χ3v) is 3.30. The molecule has 0 atom stereocenters. The lowest BCUT2D eigenvalue weighted by Crippen LogP contribution is -2.07. The van der Waals surface area contributed by atoms with Crippen molar-refractivity contribution >= 4 is 11.6 Å². The van der Waals surface area contributed by atoms with Crippen LogP contribution in [-0.4, -0.2) is 27.0 Å². The number of nitrogens with one attached hydrogen (secondary N) is 1. The molecule has 1 aromatic carbocycles. The van der Waals surface area contributed by atoms with Gasteiger partial charge in [-0.05, 0) is 19.2 Å². The van der Waals surface area contributed by atoms with E-state index in [-0.39, 0.29) is 0 Å². The molecule has 5 nitrogen and oxygen atoms in total. The van der Waals surface area contributed by atoms with Crippen molar-refractivity contribution in [3.05, 3.63) is 59.4 Å². The van der Waals surface area contributed by atoms with Gasteiger partial charge in [0.05, 0.1) is 11.9 Å². The molecule has 0 radical (unpaired) electrons. The highest BCUT2D eigenvalue weighted by molar-refractivity contribution is 6.29. The fourth-order valence-corrected chi connectivity index (χ4v) is 2.30. The molecule has 0 unspecified atom stereocenters. The number of rotatable bonds is 4. The Balaban J connectivity index is 2.15. The fraction of sp³-hybridized carbons (Fsp3) is 0.133. The lowest BCUT2D eigenvalue weighted by molar-refractivity contribution is 0.811. The topological polar surface area (TPSA) is 55.6 Å². The third-order valence-electron chi connectivity index (χ3n) is 3.09. The average molecular weight is 300 g/mol. The standard InChI is InChI=1S/C15H14ClN5/c1-17-9-12-10-18-21(14-8-7-13(16)19-20-14)15(12)11-5-3-2-4-6-11/h2-8,10,17H,9H2,1H3. The molecule has 0 aliphatic heterocycles. The van der Waals surface area contributed by atoms with Gasteiger partial charge in [0.2, 0.25) is 0 Å². The molecule has 3 rings (SSSR count). The molecular weight excluding hydrogens is 286 g/mol. The average Bonchev–Trinajstić information content (AvgIpc) is 2.93. The van der Waals surface area contributed by atoms with Gasteiger partial charge >= 0.3 is 0 Å². The van der Waals surface area contributed by atoms with Crippen LogP contribution in [0.5, 0.6) is 0 Å². The molecule has 2 aromatic heterocycles. The summed E-state index contributed by atoms with van der Waals surface area (Å²) in [6, 6.07) is 13.6. The van der Waals surface area contributed by atoms with Crippen molar-refractivity contribution in [2.24, 2.45) is 0 Å². The van der Waals surface area contributed by atoms with Crippen molar-refractivity contribution in [3.63, 3.8) is 0 Å². The Labute approximate surface area is 127 Å². The molecule has 2 heterocycles.